The van der Waals surface area contributed by atoms with E-state index in [-0.39, 0.29) is 12.1 Å². The van der Waals surface area contributed by atoms with Crippen molar-refractivity contribution in [3.63, 3.8) is 0 Å². The van der Waals surface area contributed by atoms with Gasteiger partial charge in [-0.3, -0.25) is 0 Å². The summed E-state index contributed by atoms with van der Waals surface area (Å²) in [6, 6.07) is 8.15. The van der Waals surface area contributed by atoms with E-state index in [9.17, 15) is 5.11 Å². The molecule has 2 rings (SSSR count). The number of aliphatic hydroxyl groups excluding tert-OH is 1. The van der Waals surface area contributed by atoms with Gasteiger partial charge in [-0.25, -0.2) is 0 Å². The summed E-state index contributed by atoms with van der Waals surface area (Å²) in [7, 11) is 0. The number of hydrogen-bond acceptors (Lipinski definition) is 3. The van der Waals surface area contributed by atoms with Crippen LogP contribution in [0.3, 0.4) is 0 Å². The van der Waals surface area contributed by atoms with E-state index in [1.54, 1.807) is 6.92 Å². The Kier molecular flexibility index (Phi) is 3.50. The summed E-state index contributed by atoms with van der Waals surface area (Å²) in [4.78, 5) is 0. The summed E-state index contributed by atoms with van der Waals surface area (Å²) in [5.74, 6) is 0.951. The van der Waals surface area contributed by atoms with Gasteiger partial charge in [-0.15, -0.1) is 0 Å². The van der Waals surface area contributed by atoms with Crippen molar-refractivity contribution < 1.29 is 9.52 Å². The molecule has 0 saturated heterocycles. The predicted octanol–water partition coefficient (Wildman–Crippen LogP) is 2.77. The first kappa shape index (κ1) is 12.1. The highest BCUT2D eigenvalue weighted by Crippen LogP contribution is 2.28. The first-order valence-electron chi connectivity index (χ1n) is 5.99. The number of furan rings is 1. The molecule has 92 valence electrons. The Hall–Kier alpha value is -1.32. The van der Waals surface area contributed by atoms with Crippen LogP contribution in [0.1, 0.15) is 31.2 Å². The third kappa shape index (κ3) is 2.51. The van der Waals surface area contributed by atoms with Gasteiger partial charge in [-0.1, -0.05) is 18.2 Å². The molecular weight excluding hydrogens is 214 g/mol. The number of hydrogen-bond donors (Lipinski definition) is 2. The van der Waals surface area contributed by atoms with Gasteiger partial charge in [-0.05, 0) is 32.4 Å². The first-order valence-corrected chi connectivity index (χ1v) is 5.99. The molecule has 0 bridgehead atoms. The van der Waals surface area contributed by atoms with Crippen LogP contribution in [-0.4, -0.2) is 17.8 Å². The minimum Gasteiger partial charge on any atom is -0.459 e. The second-order valence-corrected chi connectivity index (χ2v) is 4.57. The Labute approximate surface area is 101 Å². The molecule has 0 aliphatic rings. The van der Waals surface area contributed by atoms with Gasteiger partial charge >= 0.3 is 0 Å². The molecule has 2 aromatic rings. The lowest BCUT2D eigenvalue weighted by molar-refractivity contribution is 0.185. The fourth-order valence-electron chi connectivity index (χ4n) is 2.05. The van der Waals surface area contributed by atoms with Crippen molar-refractivity contribution in [2.75, 3.05) is 6.54 Å². The smallest absolute Gasteiger partial charge is 0.134 e. The van der Waals surface area contributed by atoms with Crippen molar-refractivity contribution in [1.82, 2.24) is 5.32 Å². The summed E-state index contributed by atoms with van der Waals surface area (Å²) < 4.78 is 5.85. The highest BCUT2D eigenvalue weighted by molar-refractivity contribution is 5.82. The SMILES string of the molecule is Cc1c(C(C)NCC(C)O)oc2ccccc12. The summed E-state index contributed by atoms with van der Waals surface area (Å²) in [5.41, 5.74) is 2.09. The van der Waals surface area contributed by atoms with Gasteiger partial charge in [0.05, 0.1) is 12.1 Å². The van der Waals surface area contributed by atoms with Crippen LogP contribution in [0.5, 0.6) is 0 Å². The Morgan fingerprint density at radius 1 is 1.29 bits per heavy atom. The number of benzene rings is 1. The van der Waals surface area contributed by atoms with Crippen molar-refractivity contribution in [3.8, 4) is 0 Å². The molecule has 1 aromatic heterocycles. The fraction of sp³-hybridized carbons (Fsp3) is 0.429. The lowest BCUT2D eigenvalue weighted by Crippen LogP contribution is -2.27. The molecule has 17 heavy (non-hydrogen) atoms. The highest BCUT2D eigenvalue weighted by Gasteiger charge is 2.16. The van der Waals surface area contributed by atoms with Crippen molar-refractivity contribution >= 4 is 11.0 Å². The van der Waals surface area contributed by atoms with Gasteiger partial charge in [0.25, 0.3) is 0 Å². The molecule has 0 aliphatic carbocycles. The Morgan fingerprint density at radius 2 is 2.00 bits per heavy atom. The van der Waals surface area contributed by atoms with Crippen molar-refractivity contribution in [2.24, 2.45) is 0 Å². The average Bonchev–Trinajstić information content (AvgIpc) is 2.64. The van der Waals surface area contributed by atoms with Crippen LogP contribution in [0.15, 0.2) is 28.7 Å². The van der Waals surface area contributed by atoms with Gasteiger partial charge < -0.3 is 14.8 Å². The molecule has 3 nitrogen and oxygen atoms in total. The van der Waals surface area contributed by atoms with Gasteiger partial charge in [0.2, 0.25) is 0 Å². The quantitative estimate of drug-likeness (QED) is 0.853. The maximum Gasteiger partial charge on any atom is 0.134 e. The average molecular weight is 233 g/mol. The molecule has 0 radical (unpaired) electrons. The van der Waals surface area contributed by atoms with Crippen molar-refractivity contribution in [2.45, 2.75) is 32.9 Å². The third-order valence-corrected chi connectivity index (χ3v) is 2.99. The van der Waals surface area contributed by atoms with Crippen molar-refractivity contribution in [3.05, 3.63) is 35.6 Å². The Bertz CT molecular complexity index is 502. The molecule has 0 amide bonds. The molecule has 0 aliphatic heterocycles. The van der Waals surface area contributed by atoms with Crippen LogP contribution < -0.4 is 5.32 Å². The molecular formula is C14H19NO2. The zero-order valence-corrected chi connectivity index (χ0v) is 10.5. The highest BCUT2D eigenvalue weighted by atomic mass is 16.3. The van der Waals surface area contributed by atoms with Crippen LogP contribution in [0, 0.1) is 6.92 Å². The second-order valence-electron chi connectivity index (χ2n) is 4.57. The molecule has 1 heterocycles. The van der Waals surface area contributed by atoms with Gasteiger partial charge in [0.15, 0.2) is 0 Å². The number of fused-ring (bicyclic) bond motifs is 1. The van der Waals surface area contributed by atoms with Gasteiger partial charge in [-0.2, -0.15) is 0 Å². The molecule has 0 saturated carbocycles. The maximum absolute atomic E-state index is 9.26. The topological polar surface area (TPSA) is 45.4 Å². The second kappa shape index (κ2) is 4.90. The van der Waals surface area contributed by atoms with Crippen LogP contribution in [0.25, 0.3) is 11.0 Å². The number of aryl methyl sites for hydroxylation is 1. The standard InChI is InChI=1S/C14H19NO2/c1-9(16)8-15-11(3)14-10(2)12-6-4-5-7-13(12)17-14/h4-7,9,11,15-16H,8H2,1-3H3. The van der Waals surface area contributed by atoms with Crippen LogP contribution in [0.4, 0.5) is 0 Å². The van der Waals surface area contributed by atoms with E-state index < -0.39 is 0 Å². The largest absolute Gasteiger partial charge is 0.459 e. The van der Waals surface area contributed by atoms with E-state index in [2.05, 4.69) is 18.3 Å². The van der Waals surface area contributed by atoms with E-state index in [0.717, 1.165) is 16.7 Å². The van der Waals surface area contributed by atoms with Gasteiger partial charge in [0, 0.05) is 11.9 Å². The summed E-state index contributed by atoms with van der Waals surface area (Å²) in [6.45, 7) is 6.46. The summed E-state index contributed by atoms with van der Waals surface area (Å²) in [5, 5.41) is 13.7. The molecule has 2 atom stereocenters. The minimum atomic E-state index is -0.345. The van der Waals surface area contributed by atoms with E-state index in [1.165, 1.54) is 5.56 Å². The lowest BCUT2D eigenvalue weighted by Gasteiger charge is -2.13. The Morgan fingerprint density at radius 3 is 2.65 bits per heavy atom. The number of aliphatic hydroxyl groups is 1. The normalized spacial score (nSPS) is 15.1. The summed E-state index contributed by atoms with van der Waals surface area (Å²) >= 11 is 0. The fourth-order valence-corrected chi connectivity index (χ4v) is 2.05. The Balaban J connectivity index is 2.26. The van der Waals surface area contributed by atoms with E-state index >= 15 is 0 Å². The molecule has 2 unspecified atom stereocenters. The van der Waals surface area contributed by atoms with Crippen molar-refractivity contribution in [1.29, 1.82) is 0 Å². The molecule has 3 heteroatoms. The number of rotatable bonds is 4. The van der Waals surface area contributed by atoms with E-state index in [1.807, 2.05) is 25.1 Å². The monoisotopic (exact) mass is 233 g/mol. The lowest BCUT2D eigenvalue weighted by atomic mass is 10.1. The molecule has 2 N–H and O–H groups in total. The zero-order chi connectivity index (χ0) is 12.4. The summed E-state index contributed by atoms with van der Waals surface area (Å²) in [6.07, 6.45) is -0.345. The van der Waals surface area contributed by atoms with E-state index in [0.29, 0.717) is 6.54 Å². The zero-order valence-electron chi connectivity index (χ0n) is 10.5. The number of nitrogens with one attached hydrogen (secondary N) is 1. The predicted molar refractivity (Wildman–Crippen MR) is 69.0 cm³/mol. The molecule has 0 spiro atoms. The molecule has 0 fully saturated rings. The number of para-hydroxylation sites is 1. The van der Waals surface area contributed by atoms with Gasteiger partial charge in [0.1, 0.15) is 11.3 Å². The third-order valence-electron chi connectivity index (χ3n) is 2.99. The van der Waals surface area contributed by atoms with Crippen LogP contribution in [0.2, 0.25) is 0 Å². The minimum absolute atomic E-state index is 0.108. The molecule has 1 aromatic carbocycles. The van der Waals surface area contributed by atoms with Crippen LogP contribution in [-0.2, 0) is 0 Å². The first-order chi connectivity index (χ1) is 8.09. The van der Waals surface area contributed by atoms with E-state index in [4.69, 9.17) is 4.42 Å². The maximum atomic E-state index is 9.26. The van der Waals surface area contributed by atoms with Crippen LogP contribution >= 0.6 is 0 Å².